The Hall–Kier alpha value is -1.35. The first-order chi connectivity index (χ1) is 8.29. The number of aliphatic hydroxyl groups is 1. The van der Waals surface area contributed by atoms with Crippen molar-refractivity contribution < 1.29 is 9.84 Å². The minimum atomic E-state index is 0.0292. The number of aromatic nitrogens is 1. The highest BCUT2D eigenvalue weighted by molar-refractivity contribution is 5.19. The summed E-state index contributed by atoms with van der Waals surface area (Å²) >= 11 is 0. The average Bonchev–Trinajstić information content (AvgIpc) is 2.38. The molecule has 3 heteroatoms. The molecule has 0 bridgehead atoms. The Bertz CT molecular complexity index is 390. The lowest BCUT2D eigenvalue weighted by atomic mass is 9.85. The van der Waals surface area contributed by atoms with Crippen LogP contribution in [0.3, 0.4) is 0 Å². The average molecular weight is 233 g/mol. The third-order valence-electron chi connectivity index (χ3n) is 3.35. The van der Waals surface area contributed by atoms with Crippen molar-refractivity contribution in [2.45, 2.75) is 26.4 Å². The summed E-state index contributed by atoms with van der Waals surface area (Å²) in [5, 5.41) is 9.03. The van der Waals surface area contributed by atoms with E-state index in [2.05, 4.69) is 24.1 Å². The van der Waals surface area contributed by atoms with E-state index in [9.17, 15) is 0 Å². The highest BCUT2D eigenvalue weighted by Gasteiger charge is 2.18. The minimum Gasteiger partial charge on any atom is -0.477 e. The van der Waals surface area contributed by atoms with Crippen LogP contribution in [0.2, 0.25) is 0 Å². The van der Waals surface area contributed by atoms with Crippen molar-refractivity contribution >= 4 is 0 Å². The van der Waals surface area contributed by atoms with Crippen LogP contribution in [-0.4, -0.2) is 16.7 Å². The van der Waals surface area contributed by atoms with Gasteiger partial charge in [-0.15, -0.1) is 0 Å². The van der Waals surface area contributed by atoms with Gasteiger partial charge in [0.1, 0.15) is 0 Å². The molecule has 2 rings (SSSR count). The lowest BCUT2D eigenvalue weighted by Gasteiger charge is -2.24. The van der Waals surface area contributed by atoms with Crippen molar-refractivity contribution in [3.05, 3.63) is 36.0 Å². The number of hydrogen-bond acceptors (Lipinski definition) is 3. The summed E-state index contributed by atoms with van der Waals surface area (Å²) in [6.07, 6.45) is 8.36. The van der Waals surface area contributed by atoms with Gasteiger partial charge in [0.2, 0.25) is 5.88 Å². The first kappa shape index (κ1) is 12.1. The Kier molecular flexibility index (Phi) is 4.15. The minimum absolute atomic E-state index is 0.0292. The van der Waals surface area contributed by atoms with Crippen LogP contribution in [0.15, 0.2) is 30.5 Å². The maximum atomic E-state index is 9.03. The number of aliphatic hydroxyl groups excluding tert-OH is 1. The smallest absolute Gasteiger partial charge is 0.213 e. The third kappa shape index (κ3) is 3.30. The van der Waals surface area contributed by atoms with Crippen molar-refractivity contribution in [3.8, 4) is 5.88 Å². The molecule has 1 aromatic rings. The number of nitrogens with zero attached hydrogens (tertiary/aromatic N) is 1. The predicted octanol–water partition coefficient (Wildman–Crippen LogP) is 2.56. The number of allylic oxidation sites excluding steroid dienone is 2. The van der Waals surface area contributed by atoms with Crippen LogP contribution < -0.4 is 4.74 Å². The molecule has 1 N–H and O–H groups in total. The SMILES string of the molecule is CC1CC=CCC1COc1cc(CO)ccn1. The zero-order valence-electron chi connectivity index (χ0n) is 10.2. The summed E-state index contributed by atoms with van der Waals surface area (Å²) in [6, 6.07) is 3.59. The fraction of sp³-hybridized carbons (Fsp3) is 0.500. The Morgan fingerprint density at radius 2 is 2.24 bits per heavy atom. The van der Waals surface area contributed by atoms with Crippen molar-refractivity contribution in [3.63, 3.8) is 0 Å². The molecule has 0 saturated carbocycles. The highest BCUT2D eigenvalue weighted by Crippen LogP contribution is 2.25. The molecule has 1 aliphatic carbocycles. The second kappa shape index (κ2) is 5.82. The summed E-state index contributed by atoms with van der Waals surface area (Å²) in [7, 11) is 0. The Morgan fingerprint density at radius 1 is 1.41 bits per heavy atom. The van der Waals surface area contributed by atoms with E-state index in [0.29, 0.717) is 24.3 Å². The summed E-state index contributed by atoms with van der Waals surface area (Å²) in [5.41, 5.74) is 0.839. The predicted molar refractivity (Wildman–Crippen MR) is 66.7 cm³/mol. The normalized spacial score (nSPS) is 23.6. The first-order valence-corrected chi connectivity index (χ1v) is 6.13. The largest absolute Gasteiger partial charge is 0.477 e. The fourth-order valence-electron chi connectivity index (χ4n) is 2.06. The van der Waals surface area contributed by atoms with E-state index in [4.69, 9.17) is 9.84 Å². The van der Waals surface area contributed by atoms with Gasteiger partial charge in [-0.3, -0.25) is 0 Å². The fourth-order valence-corrected chi connectivity index (χ4v) is 2.06. The van der Waals surface area contributed by atoms with Crippen molar-refractivity contribution in [1.82, 2.24) is 4.98 Å². The quantitative estimate of drug-likeness (QED) is 0.813. The molecule has 3 nitrogen and oxygen atoms in total. The molecule has 92 valence electrons. The van der Waals surface area contributed by atoms with E-state index in [1.54, 1.807) is 18.3 Å². The van der Waals surface area contributed by atoms with Crippen LogP contribution >= 0.6 is 0 Å². The molecule has 1 heterocycles. The molecule has 0 aromatic carbocycles. The number of pyridine rings is 1. The van der Waals surface area contributed by atoms with Crippen molar-refractivity contribution in [2.75, 3.05) is 6.61 Å². The molecular formula is C14H19NO2. The molecule has 2 unspecified atom stereocenters. The standard InChI is InChI=1S/C14H19NO2/c1-11-4-2-3-5-13(11)10-17-14-8-12(9-16)6-7-15-14/h2-3,6-8,11,13,16H,4-5,9-10H2,1H3. The van der Waals surface area contributed by atoms with Crippen LogP contribution in [0.5, 0.6) is 5.88 Å². The van der Waals surface area contributed by atoms with Crippen LogP contribution in [0, 0.1) is 11.8 Å². The van der Waals surface area contributed by atoms with E-state index >= 15 is 0 Å². The van der Waals surface area contributed by atoms with Gasteiger partial charge in [-0.05, 0) is 36.3 Å². The number of ether oxygens (including phenoxy) is 1. The second-order valence-electron chi connectivity index (χ2n) is 4.65. The topological polar surface area (TPSA) is 42.4 Å². The molecule has 17 heavy (non-hydrogen) atoms. The molecule has 0 saturated heterocycles. The molecule has 0 spiro atoms. The first-order valence-electron chi connectivity index (χ1n) is 6.13. The second-order valence-corrected chi connectivity index (χ2v) is 4.65. The zero-order valence-corrected chi connectivity index (χ0v) is 10.2. The molecule has 1 aliphatic rings. The maximum absolute atomic E-state index is 9.03. The number of hydrogen-bond donors (Lipinski definition) is 1. The van der Waals surface area contributed by atoms with E-state index in [1.165, 1.54) is 0 Å². The molecule has 0 amide bonds. The van der Waals surface area contributed by atoms with Crippen LogP contribution in [0.1, 0.15) is 25.3 Å². The van der Waals surface area contributed by atoms with Gasteiger partial charge in [-0.25, -0.2) is 4.98 Å². The Labute approximate surface area is 102 Å². The lowest BCUT2D eigenvalue weighted by Crippen LogP contribution is -2.21. The molecule has 1 aromatic heterocycles. The van der Waals surface area contributed by atoms with Gasteiger partial charge in [0, 0.05) is 12.3 Å². The molecule has 0 radical (unpaired) electrons. The van der Waals surface area contributed by atoms with Gasteiger partial charge in [0.15, 0.2) is 0 Å². The Morgan fingerprint density at radius 3 is 3.00 bits per heavy atom. The van der Waals surface area contributed by atoms with E-state index < -0.39 is 0 Å². The summed E-state index contributed by atoms with van der Waals surface area (Å²) in [5.74, 6) is 1.85. The van der Waals surface area contributed by atoms with E-state index in [0.717, 1.165) is 18.4 Å². The Balaban J connectivity index is 1.90. The monoisotopic (exact) mass is 233 g/mol. The molecule has 2 atom stereocenters. The van der Waals surface area contributed by atoms with E-state index in [-0.39, 0.29) is 6.61 Å². The van der Waals surface area contributed by atoms with Gasteiger partial charge in [0.25, 0.3) is 0 Å². The zero-order chi connectivity index (χ0) is 12.1. The highest BCUT2D eigenvalue weighted by atomic mass is 16.5. The molecular weight excluding hydrogens is 214 g/mol. The van der Waals surface area contributed by atoms with Gasteiger partial charge in [-0.2, -0.15) is 0 Å². The van der Waals surface area contributed by atoms with Crippen molar-refractivity contribution in [2.24, 2.45) is 11.8 Å². The third-order valence-corrected chi connectivity index (χ3v) is 3.35. The van der Waals surface area contributed by atoms with Crippen molar-refractivity contribution in [1.29, 1.82) is 0 Å². The number of rotatable bonds is 4. The van der Waals surface area contributed by atoms with Gasteiger partial charge in [-0.1, -0.05) is 19.1 Å². The van der Waals surface area contributed by atoms with Gasteiger partial charge in [0.05, 0.1) is 13.2 Å². The van der Waals surface area contributed by atoms with Gasteiger partial charge < -0.3 is 9.84 Å². The van der Waals surface area contributed by atoms with Crippen LogP contribution in [0.25, 0.3) is 0 Å². The summed E-state index contributed by atoms with van der Waals surface area (Å²) in [6.45, 7) is 2.99. The summed E-state index contributed by atoms with van der Waals surface area (Å²) in [4.78, 5) is 4.15. The molecule has 0 fully saturated rings. The maximum Gasteiger partial charge on any atom is 0.213 e. The summed E-state index contributed by atoms with van der Waals surface area (Å²) < 4.78 is 5.70. The van der Waals surface area contributed by atoms with Crippen LogP contribution in [-0.2, 0) is 6.61 Å². The van der Waals surface area contributed by atoms with E-state index in [1.807, 2.05) is 0 Å². The van der Waals surface area contributed by atoms with Crippen LogP contribution in [0.4, 0.5) is 0 Å². The lowest BCUT2D eigenvalue weighted by molar-refractivity contribution is 0.192. The van der Waals surface area contributed by atoms with Gasteiger partial charge >= 0.3 is 0 Å². The molecule has 0 aliphatic heterocycles.